The Labute approximate surface area is 201 Å². The summed E-state index contributed by atoms with van der Waals surface area (Å²) in [5, 5.41) is 14.9. The number of carbonyl (C=O) groups is 1. The van der Waals surface area contributed by atoms with Gasteiger partial charge in [-0.1, -0.05) is 66.4 Å². The molecule has 32 heavy (non-hydrogen) atoms. The van der Waals surface area contributed by atoms with Gasteiger partial charge < -0.3 is 0 Å². The Kier molecular flexibility index (Phi) is 7.84. The van der Waals surface area contributed by atoms with Crippen molar-refractivity contribution in [3.8, 4) is 11.4 Å². The first-order valence-corrected chi connectivity index (χ1v) is 12.3. The lowest BCUT2D eigenvalue weighted by Gasteiger charge is -2.25. The van der Waals surface area contributed by atoms with Crippen LogP contribution in [0.1, 0.15) is 43.7 Å². The summed E-state index contributed by atoms with van der Waals surface area (Å²) in [4.78, 5) is 12.3. The highest BCUT2D eigenvalue weighted by Crippen LogP contribution is 2.35. The van der Waals surface area contributed by atoms with Crippen molar-refractivity contribution in [2.75, 3.05) is 5.75 Å². The van der Waals surface area contributed by atoms with Crippen molar-refractivity contribution < 1.29 is 4.79 Å². The first kappa shape index (κ1) is 22.8. The largest absolute Gasteiger partial charge is 0.299 e. The molecular weight excluding hydrogens is 465 g/mol. The molecule has 9 heteroatoms. The zero-order valence-electron chi connectivity index (χ0n) is 17.4. The standard InChI is InChI=1S/C23H23Cl2N5OS/c24-18-11-9-17(10-12-18)22-28-29-23(30(22)20-7-2-1-3-8-20)32-15-21(31)27-26-14-16-5-4-6-19(25)13-16/h4-6,9-14,20H,1-3,7-8,15H2,(H,27,31)/b26-14-. The van der Waals surface area contributed by atoms with Crippen LogP contribution in [0.3, 0.4) is 0 Å². The molecule has 2 aromatic carbocycles. The van der Waals surface area contributed by atoms with Crippen molar-refractivity contribution in [2.45, 2.75) is 43.3 Å². The molecule has 1 heterocycles. The maximum atomic E-state index is 12.3. The van der Waals surface area contributed by atoms with Gasteiger partial charge >= 0.3 is 0 Å². The highest BCUT2D eigenvalue weighted by molar-refractivity contribution is 7.99. The average Bonchev–Trinajstić information content (AvgIpc) is 3.23. The Bertz CT molecular complexity index is 1090. The monoisotopic (exact) mass is 487 g/mol. The van der Waals surface area contributed by atoms with Gasteiger partial charge in [0.2, 0.25) is 0 Å². The van der Waals surface area contributed by atoms with Crippen LogP contribution in [0.15, 0.2) is 58.8 Å². The van der Waals surface area contributed by atoms with Gasteiger partial charge in [0.05, 0.1) is 12.0 Å². The van der Waals surface area contributed by atoms with E-state index in [-0.39, 0.29) is 11.7 Å². The Hall–Kier alpha value is -2.35. The molecule has 1 amide bonds. The Morgan fingerprint density at radius 2 is 1.88 bits per heavy atom. The third kappa shape index (κ3) is 5.91. The topological polar surface area (TPSA) is 72.2 Å². The number of amides is 1. The van der Waals surface area contributed by atoms with Crippen LogP contribution in [0.4, 0.5) is 0 Å². The maximum Gasteiger partial charge on any atom is 0.250 e. The predicted octanol–water partition coefficient (Wildman–Crippen LogP) is 6.00. The molecule has 0 aliphatic heterocycles. The molecule has 6 nitrogen and oxygen atoms in total. The van der Waals surface area contributed by atoms with Crippen molar-refractivity contribution in [1.82, 2.24) is 20.2 Å². The summed E-state index contributed by atoms with van der Waals surface area (Å²) < 4.78 is 2.19. The van der Waals surface area contributed by atoms with Crippen LogP contribution in [0.25, 0.3) is 11.4 Å². The number of rotatable bonds is 7. The molecule has 1 saturated carbocycles. The minimum Gasteiger partial charge on any atom is -0.299 e. The lowest BCUT2D eigenvalue weighted by atomic mass is 9.95. The third-order valence-corrected chi connectivity index (χ3v) is 6.72. The summed E-state index contributed by atoms with van der Waals surface area (Å²) in [6.07, 6.45) is 7.37. The number of halogens is 2. The van der Waals surface area contributed by atoms with Crippen molar-refractivity contribution in [3.63, 3.8) is 0 Å². The van der Waals surface area contributed by atoms with Crippen LogP contribution < -0.4 is 5.43 Å². The molecule has 166 valence electrons. The van der Waals surface area contributed by atoms with Gasteiger partial charge in [-0.25, -0.2) is 5.43 Å². The molecule has 0 bridgehead atoms. The molecule has 0 radical (unpaired) electrons. The SMILES string of the molecule is O=C(CSc1nnc(-c2ccc(Cl)cc2)n1C1CCCCC1)N/N=C\c1cccc(Cl)c1. The highest BCUT2D eigenvalue weighted by Gasteiger charge is 2.24. The highest BCUT2D eigenvalue weighted by atomic mass is 35.5. The average molecular weight is 488 g/mol. The molecule has 1 aromatic heterocycles. The molecule has 0 saturated heterocycles. The van der Waals surface area contributed by atoms with E-state index in [0.29, 0.717) is 16.1 Å². The van der Waals surface area contributed by atoms with Gasteiger partial charge in [-0.2, -0.15) is 5.10 Å². The van der Waals surface area contributed by atoms with Crippen LogP contribution in [-0.4, -0.2) is 32.6 Å². The van der Waals surface area contributed by atoms with E-state index in [1.54, 1.807) is 18.3 Å². The maximum absolute atomic E-state index is 12.3. The molecule has 1 aliphatic carbocycles. The van der Waals surface area contributed by atoms with E-state index in [1.165, 1.54) is 31.0 Å². The van der Waals surface area contributed by atoms with Crippen LogP contribution in [0.5, 0.6) is 0 Å². The second kappa shape index (κ2) is 11.0. The first-order chi connectivity index (χ1) is 15.6. The van der Waals surface area contributed by atoms with E-state index in [1.807, 2.05) is 36.4 Å². The summed E-state index contributed by atoms with van der Waals surface area (Å²) in [5.74, 6) is 0.799. The van der Waals surface area contributed by atoms with Crippen LogP contribution in [0, 0.1) is 0 Å². The number of hydrazone groups is 1. The summed E-state index contributed by atoms with van der Waals surface area (Å²) in [6.45, 7) is 0. The lowest BCUT2D eigenvalue weighted by molar-refractivity contribution is -0.118. The van der Waals surface area contributed by atoms with Gasteiger partial charge in [0.1, 0.15) is 0 Å². The number of hydrogen-bond donors (Lipinski definition) is 1. The van der Waals surface area contributed by atoms with E-state index in [2.05, 4.69) is 25.3 Å². The smallest absolute Gasteiger partial charge is 0.250 e. The minimum absolute atomic E-state index is 0.193. The zero-order valence-corrected chi connectivity index (χ0v) is 19.7. The lowest BCUT2D eigenvalue weighted by Crippen LogP contribution is -2.20. The van der Waals surface area contributed by atoms with E-state index >= 15 is 0 Å². The predicted molar refractivity (Wildman–Crippen MR) is 131 cm³/mol. The molecule has 3 aromatic rings. The van der Waals surface area contributed by atoms with Gasteiger partial charge in [0.25, 0.3) is 5.91 Å². The summed E-state index contributed by atoms with van der Waals surface area (Å²) in [5.41, 5.74) is 4.34. The second-order valence-electron chi connectivity index (χ2n) is 7.61. The molecular formula is C23H23Cl2N5OS. The zero-order chi connectivity index (χ0) is 22.3. The van der Waals surface area contributed by atoms with Crippen molar-refractivity contribution in [3.05, 3.63) is 64.1 Å². The number of nitrogens with zero attached hydrogens (tertiary/aromatic N) is 4. The fraction of sp³-hybridized carbons (Fsp3) is 0.304. The molecule has 1 N–H and O–H groups in total. The van der Waals surface area contributed by atoms with Crippen molar-refractivity contribution in [1.29, 1.82) is 0 Å². The summed E-state index contributed by atoms with van der Waals surface area (Å²) >= 11 is 13.4. The summed E-state index contributed by atoms with van der Waals surface area (Å²) in [6, 6.07) is 15.2. The molecule has 0 atom stereocenters. The molecule has 1 aliphatic rings. The normalized spacial score (nSPS) is 14.7. The second-order valence-corrected chi connectivity index (χ2v) is 9.43. The van der Waals surface area contributed by atoms with E-state index in [9.17, 15) is 4.79 Å². The third-order valence-electron chi connectivity index (χ3n) is 5.29. The number of aromatic nitrogens is 3. The van der Waals surface area contributed by atoms with E-state index < -0.39 is 0 Å². The van der Waals surface area contributed by atoms with Gasteiger partial charge in [-0.3, -0.25) is 9.36 Å². The van der Waals surface area contributed by atoms with E-state index in [4.69, 9.17) is 23.2 Å². The minimum atomic E-state index is -0.209. The van der Waals surface area contributed by atoms with E-state index in [0.717, 1.165) is 34.9 Å². The number of carbonyl (C=O) groups excluding carboxylic acids is 1. The van der Waals surface area contributed by atoms with Crippen LogP contribution in [-0.2, 0) is 4.79 Å². The Morgan fingerprint density at radius 1 is 1.09 bits per heavy atom. The number of thioether (sulfide) groups is 1. The Morgan fingerprint density at radius 3 is 2.62 bits per heavy atom. The number of benzene rings is 2. The van der Waals surface area contributed by atoms with Crippen molar-refractivity contribution >= 4 is 47.1 Å². The molecule has 4 rings (SSSR count). The molecule has 0 spiro atoms. The van der Waals surface area contributed by atoms with Crippen molar-refractivity contribution in [2.24, 2.45) is 5.10 Å². The number of hydrogen-bond acceptors (Lipinski definition) is 5. The van der Waals surface area contributed by atoms with Crippen LogP contribution >= 0.6 is 35.0 Å². The summed E-state index contributed by atoms with van der Waals surface area (Å²) in [7, 11) is 0. The molecule has 1 fully saturated rings. The van der Waals surface area contributed by atoms with Crippen LogP contribution in [0.2, 0.25) is 10.0 Å². The fourth-order valence-corrected chi connectivity index (χ4v) is 4.89. The molecule has 0 unspecified atom stereocenters. The van der Waals surface area contributed by atoms with Gasteiger partial charge in [-0.05, 0) is 54.8 Å². The first-order valence-electron chi connectivity index (χ1n) is 10.5. The van der Waals surface area contributed by atoms with Gasteiger partial charge in [-0.15, -0.1) is 10.2 Å². The van der Waals surface area contributed by atoms with Gasteiger partial charge in [0, 0.05) is 21.7 Å². The Balaban J connectivity index is 1.45. The quantitative estimate of drug-likeness (QED) is 0.252. The fourth-order valence-electron chi connectivity index (χ4n) is 3.77. The van der Waals surface area contributed by atoms with Gasteiger partial charge in [0.15, 0.2) is 11.0 Å². The number of nitrogens with one attached hydrogen (secondary N) is 1.